The van der Waals surface area contributed by atoms with Gasteiger partial charge in [-0.25, -0.2) is 0 Å². The Morgan fingerprint density at radius 2 is 2.30 bits per heavy atom. The third-order valence-corrected chi connectivity index (χ3v) is 3.88. The first-order chi connectivity index (χ1) is 9.65. The smallest absolute Gasteiger partial charge is 0.257 e. The van der Waals surface area contributed by atoms with Crippen LogP contribution < -0.4 is 0 Å². The van der Waals surface area contributed by atoms with Gasteiger partial charge in [-0.1, -0.05) is 0 Å². The first-order valence-corrected chi connectivity index (χ1v) is 6.99. The lowest BCUT2D eigenvalue weighted by molar-refractivity contribution is 0.0671. The van der Waals surface area contributed by atoms with Gasteiger partial charge in [0.25, 0.3) is 5.91 Å². The van der Waals surface area contributed by atoms with E-state index in [0.29, 0.717) is 17.9 Å². The predicted molar refractivity (Wildman–Crippen MR) is 74.6 cm³/mol. The summed E-state index contributed by atoms with van der Waals surface area (Å²) in [7, 11) is 0. The maximum atomic E-state index is 12.5. The molecule has 1 amide bonds. The molecule has 2 aromatic heterocycles. The lowest BCUT2D eigenvalue weighted by atomic mass is 10.0. The number of nitrogens with zero attached hydrogens (tertiary/aromatic N) is 3. The number of aromatic nitrogens is 2. The summed E-state index contributed by atoms with van der Waals surface area (Å²) in [5, 5.41) is 4.37. The number of likely N-dealkylation sites (tertiary alicyclic amines) is 1. The van der Waals surface area contributed by atoms with Gasteiger partial charge < -0.3 is 9.32 Å². The van der Waals surface area contributed by atoms with Crippen molar-refractivity contribution in [3.05, 3.63) is 41.6 Å². The first kappa shape index (κ1) is 13.0. The lowest BCUT2D eigenvalue weighted by Gasteiger charge is -2.32. The highest BCUT2D eigenvalue weighted by molar-refractivity contribution is 5.95. The van der Waals surface area contributed by atoms with E-state index in [1.807, 2.05) is 35.8 Å². The van der Waals surface area contributed by atoms with Gasteiger partial charge in [-0.15, -0.1) is 0 Å². The lowest BCUT2D eigenvalue weighted by Crippen LogP contribution is -2.40. The average molecular weight is 273 g/mol. The van der Waals surface area contributed by atoms with Crippen molar-refractivity contribution >= 4 is 5.91 Å². The molecule has 20 heavy (non-hydrogen) atoms. The van der Waals surface area contributed by atoms with Crippen molar-refractivity contribution in [1.82, 2.24) is 14.7 Å². The molecule has 2 aromatic rings. The molecule has 0 aliphatic carbocycles. The molecule has 5 nitrogen and oxygen atoms in total. The van der Waals surface area contributed by atoms with E-state index in [1.54, 1.807) is 12.3 Å². The average Bonchev–Trinajstić information content (AvgIpc) is 3.07. The fourth-order valence-corrected chi connectivity index (χ4v) is 2.77. The van der Waals surface area contributed by atoms with E-state index in [1.165, 1.54) is 0 Å². The van der Waals surface area contributed by atoms with Crippen LogP contribution in [0.3, 0.4) is 0 Å². The monoisotopic (exact) mass is 273 g/mol. The molecular formula is C15H19N3O2. The second kappa shape index (κ2) is 5.15. The zero-order chi connectivity index (χ0) is 14.1. The van der Waals surface area contributed by atoms with Crippen LogP contribution in [0.25, 0.3) is 0 Å². The predicted octanol–water partition coefficient (Wildman–Crippen LogP) is 2.57. The van der Waals surface area contributed by atoms with Gasteiger partial charge in [0.05, 0.1) is 24.1 Å². The maximum Gasteiger partial charge on any atom is 0.257 e. The van der Waals surface area contributed by atoms with Crippen LogP contribution in [0.2, 0.25) is 0 Å². The minimum Gasteiger partial charge on any atom is -0.469 e. The van der Waals surface area contributed by atoms with Crippen LogP contribution in [0.15, 0.2) is 29.1 Å². The van der Waals surface area contributed by atoms with E-state index >= 15 is 0 Å². The SMILES string of the molecule is Cc1cnn(C2CCCN(C(=O)c3ccoc3C)C2)c1. The van der Waals surface area contributed by atoms with Gasteiger partial charge in [-0.05, 0) is 38.3 Å². The van der Waals surface area contributed by atoms with Crippen molar-refractivity contribution in [2.24, 2.45) is 0 Å². The largest absolute Gasteiger partial charge is 0.469 e. The standard InChI is InChI=1S/C15H19N3O2/c1-11-8-16-18(9-11)13-4-3-6-17(10-13)15(19)14-5-7-20-12(14)2/h5,7-9,13H,3-4,6,10H2,1-2H3. The second-order valence-electron chi connectivity index (χ2n) is 5.44. The Kier molecular flexibility index (Phi) is 3.34. The van der Waals surface area contributed by atoms with E-state index in [4.69, 9.17) is 4.42 Å². The third-order valence-electron chi connectivity index (χ3n) is 3.88. The molecule has 0 bridgehead atoms. The molecule has 0 spiro atoms. The van der Waals surface area contributed by atoms with Crippen molar-refractivity contribution < 1.29 is 9.21 Å². The molecule has 0 radical (unpaired) electrons. The molecule has 5 heteroatoms. The van der Waals surface area contributed by atoms with Gasteiger partial charge in [0.1, 0.15) is 5.76 Å². The van der Waals surface area contributed by atoms with Gasteiger partial charge in [0.15, 0.2) is 0 Å². The molecule has 106 valence electrons. The normalized spacial score (nSPS) is 19.3. The number of amides is 1. The van der Waals surface area contributed by atoms with Crippen LogP contribution in [-0.4, -0.2) is 33.7 Å². The molecule has 3 rings (SSSR count). The molecule has 1 saturated heterocycles. The van der Waals surface area contributed by atoms with Crippen LogP contribution in [-0.2, 0) is 0 Å². The zero-order valence-corrected chi connectivity index (χ0v) is 11.9. The highest BCUT2D eigenvalue weighted by Crippen LogP contribution is 2.23. The Morgan fingerprint density at radius 1 is 1.45 bits per heavy atom. The summed E-state index contributed by atoms with van der Waals surface area (Å²) in [6.07, 6.45) is 7.55. The highest BCUT2D eigenvalue weighted by atomic mass is 16.3. The Labute approximate surface area is 118 Å². The summed E-state index contributed by atoms with van der Waals surface area (Å²) in [5.41, 5.74) is 1.82. The molecule has 1 aliphatic rings. The number of hydrogen-bond donors (Lipinski definition) is 0. The van der Waals surface area contributed by atoms with Gasteiger partial charge in [0, 0.05) is 19.3 Å². The molecule has 1 atom stereocenters. The van der Waals surface area contributed by atoms with Crippen LogP contribution in [0.1, 0.15) is 40.6 Å². The molecular weight excluding hydrogens is 254 g/mol. The summed E-state index contributed by atoms with van der Waals surface area (Å²) in [6, 6.07) is 2.02. The molecule has 1 fully saturated rings. The van der Waals surface area contributed by atoms with E-state index < -0.39 is 0 Å². The van der Waals surface area contributed by atoms with E-state index in [2.05, 4.69) is 5.10 Å². The quantitative estimate of drug-likeness (QED) is 0.845. The van der Waals surface area contributed by atoms with Crippen molar-refractivity contribution in [2.45, 2.75) is 32.7 Å². The van der Waals surface area contributed by atoms with Gasteiger partial charge in [0.2, 0.25) is 0 Å². The number of aryl methyl sites for hydroxylation is 2. The summed E-state index contributed by atoms with van der Waals surface area (Å²) in [5.74, 6) is 0.747. The van der Waals surface area contributed by atoms with E-state index in [0.717, 1.165) is 24.9 Å². The van der Waals surface area contributed by atoms with Crippen LogP contribution in [0.5, 0.6) is 0 Å². The molecule has 0 N–H and O–H groups in total. The van der Waals surface area contributed by atoms with Crippen molar-refractivity contribution in [3.63, 3.8) is 0 Å². The maximum absolute atomic E-state index is 12.5. The summed E-state index contributed by atoms with van der Waals surface area (Å²) in [6.45, 7) is 5.38. The topological polar surface area (TPSA) is 51.3 Å². The fraction of sp³-hybridized carbons (Fsp3) is 0.467. The number of hydrogen-bond acceptors (Lipinski definition) is 3. The fourth-order valence-electron chi connectivity index (χ4n) is 2.77. The number of furan rings is 1. The van der Waals surface area contributed by atoms with Crippen molar-refractivity contribution in [2.75, 3.05) is 13.1 Å². The second-order valence-corrected chi connectivity index (χ2v) is 5.44. The van der Waals surface area contributed by atoms with Crippen LogP contribution in [0.4, 0.5) is 0 Å². The molecule has 3 heterocycles. The number of carbonyl (C=O) groups excluding carboxylic acids is 1. The Morgan fingerprint density at radius 3 is 2.95 bits per heavy atom. The summed E-state index contributed by atoms with van der Waals surface area (Å²) < 4.78 is 7.21. The minimum atomic E-state index is 0.0600. The first-order valence-electron chi connectivity index (χ1n) is 6.99. The minimum absolute atomic E-state index is 0.0600. The molecule has 0 saturated carbocycles. The number of carbonyl (C=O) groups is 1. The molecule has 0 aromatic carbocycles. The molecule has 1 aliphatic heterocycles. The van der Waals surface area contributed by atoms with Gasteiger partial charge >= 0.3 is 0 Å². The van der Waals surface area contributed by atoms with Crippen LogP contribution >= 0.6 is 0 Å². The van der Waals surface area contributed by atoms with Crippen molar-refractivity contribution in [3.8, 4) is 0 Å². The highest BCUT2D eigenvalue weighted by Gasteiger charge is 2.27. The summed E-state index contributed by atoms with van der Waals surface area (Å²) in [4.78, 5) is 14.4. The van der Waals surface area contributed by atoms with E-state index in [-0.39, 0.29) is 11.9 Å². The molecule has 1 unspecified atom stereocenters. The number of piperidine rings is 1. The zero-order valence-electron chi connectivity index (χ0n) is 11.9. The van der Waals surface area contributed by atoms with Gasteiger partial charge in [-0.3, -0.25) is 9.48 Å². The summed E-state index contributed by atoms with van der Waals surface area (Å²) >= 11 is 0. The number of rotatable bonds is 2. The van der Waals surface area contributed by atoms with E-state index in [9.17, 15) is 4.79 Å². The van der Waals surface area contributed by atoms with Crippen molar-refractivity contribution in [1.29, 1.82) is 0 Å². The van der Waals surface area contributed by atoms with Gasteiger partial charge in [-0.2, -0.15) is 5.10 Å². The Bertz CT molecular complexity index is 614. The van der Waals surface area contributed by atoms with Crippen LogP contribution in [0, 0.1) is 13.8 Å². The Balaban J connectivity index is 1.75. The third kappa shape index (κ3) is 2.35. The Hall–Kier alpha value is -2.04.